The maximum atomic E-state index is 10.6. The van der Waals surface area contributed by atoms with Crippen molar-refractivity contribution >= 4 is 34.9 Å². The van der Waals surface area contributed by atoms with E-state index in [9.17, 15) is 10.1 Å². The molecule has 9 heteroatoms. The molecule has 8 nitrogen and oxygen atoms in total. The second-order valence-corrected chi connectivity index (χ2v) is 6.62. The van der Waals surface area contributed by atoms with Gasteiger partial charge in [-0.05, 0) is 66.3 Å². The van der Waals surface area contributed by atoms with Crippen LogP contribution in [0.15, 0.2) is 84.0 Å². The first kappa shape index (κ1) is 21.7. The molecular formula is C22H20N4O4S. The highest BCUT2D eigenvalue weighted by Crippen LogP contribution is 2.17. The smallest absolute Gasteiger partial charge is 0.269 e. The van der Waals surface area contributed by atoms with Crippen molar-refractivity contribution in [3.63, 3.8) is 0 Å². The second-order valence-electron chi connectivity index (χ2n) is 6.21. The molecule has 0 aliphatic carbocycles. The number of nitro groups is 1. The maximum Gasteiger partial charge on any atom is 0.269 e. The molecule has 0 heterocycles. The normalized spacial score (nSPS) is 10.5. The molecule has 3 rings (SSSR count). The summed E-state index contributed by atoms with van der Waals surface area (Å²) >= 11 is 5.19. The van der Waals surface area contributed by atoms with E-state index >= 15 is 0 Å². The minimum absolute atomic E-state index is 0.0247. The topological polar surface area (TPSA) is 98.0 Å². The van der Waals surface area contributed by atoms with Gasteiger partial charge in [-0.15, -0.1) is 0 Å². The van der Waals surface area contributed by atoms with Gasteiger partial charge in [-0.2, -0.15) is 5.10 Å². The Balaban J connectivity index is 1.37. The largest absolute Gasteiger partial charge is 0.490 e. The van der Waals surface area contributed by atoms with Crippen LogP contribution < -0.4 is 20.2 Å². The Labute approximate surface area is 184 Å². The predicted octanol–water partition coefficient (Wildman–Crippen LogP) is 4.37. The standard InChI is InChI=1S/C22H20N4O4S/c27-26(28)19-8-12-21(13-9-19)30-15-14-29-20-10-6-17(7-11-20)16-23-25-22(31)24-18-4-2-1-3-5-18/h1-13,16H,14-15H2,(H2,24,25,31). The number of nitrogens with zero attached hydrogens (tertiary/aromatic N) is 2. The van der Waals surface area contributed by atoms with Crippen molar-refractivity contribution in [2.75, 3.05) is 18.5 Å². The average Bonchev–Trinajstić information content (AvgIpc) is 2.79. The lowest BCUT2D eigenvalue weighted by atomic mass is 10.2. The zero-order valence-electron chi connectivity index (χ0n) is 16.4. The highest BCUT2D eigenvalue weighted by Gasteiger charge is 2.04. The van der Waals surface area contributed by atoms with Crippen molar-refractivity contribution in [1.29, 1.82) is 0 Å². The van der Waals surface area contributed by atoms with Gasteiger partial charge in [0.2, 0.25) is 0 Å². The Kier molecular flexibility index (Phi) is 7.90. The van der Waals surface area contributed by atoms with Crippen molar-refractivity contribution in [3.8, 4) is 11.5 Å². The Morgan fingerprint density at radius 2 is 1.52 bits per heavy atom. The molecule has 0 saturated carbocycles. The van der Waals surface area contributed by atoms with Crippen LogP contribution in [-0.4, -0.2) is 29.5 Å². The molecule has 0 spiro atoms. The van der Waals surface area contributed by atoms with Gasteiger partial charge in [0.1, 0.15) is 24.7 Å². The average molecular weight is 436 g/mol. The highest BCUT2D eigenvalue weighted by atomic mass is 32.1. The van der Waals surface area contributed by atoms with E-state index in [0.29, 0.717) is 29.8 Å². The van der Waals surface area contributed by atoms with Gasteiger partial charge in [0, 0.05) is 17.8 Å². The van der Waals surface area contributed by atoms with Crippen LogP contribution in [0.3, 0.4) is 0 Å². The van der Waals surface area contributed by atoms with Crippen LogP contribution in [0.2, 0.25) is 0 Å². The molecule has 0 saturated heterocycles. The van der Waals surface area contributed by atoms with Crippen molar-refractivity contribution in [3.05, 3.63) is 94.5 Å². The lowest BCUT2D eigenvalue weighted by molar-refractivity contribution is -0.384. The molecule has 0 bridgehead atoms. The van der Waals surface area contributed by atoms with Gasteiger partial charge >= 0.3 is 0 Å². The van der Waals surface area contributed by atoms with Crippen molar-refractivity contribution in [2.45, 2.75) is 0 Å². The van der Waals surface area contributed by atoms with Gasteiger partial charge in [-0.1, -0.05) is 18.2 Å². The molecule has 0 radical (unpaired) electrons. The van der Waals surface area contributed by atoms with E-state index in [4.69, 9.17) is 21.7 Å². The Hall–Kier alpha value is -3.98. The molecule has 31 heavy (non-hydrogen) atoms. The molecule has 0 fully saturated rings. The van der Waals surface area contributed by atoms with E-state index < -0.39 is 4.92 Å². The van der Waals surface area contributed by atoms with Crippen LogP contribution in [0.25, 0.3) is 0 Å². The summed E-state index contributed by atoms with van der Waals surface area (Å²) in [6, 6.07) is 22.9. The summed E-state index contributed by atoms with van der Waals surface area (Å²) in [7, 11) is 0. The number of para-hydroxylation sites is 1. The molecular weight excluding hydrogens is 416 g/mol. The maximum absolute atomic E-state index is 10.6. The van der Waals surface area contributed by atoms with E-state index in [1.165, 1.54) is 12.1 Å². The third-order valence-electron chi connectivity index (χ3n) is 3.96. The van der Waals surface area contributed by atoms with Gasteiger partial charge in [0.15, 0.2) is 5.11 Å². The van der Waals surface area contributed by atoms with Crippen LogP contribution in [0.1, 0.15) is 5.56 Å². The zero-order valence-corrected chi connectivity index (χ0v) is 17.2. The quantitative estimate of drug-likeness (QED) is 0.169. The molecule has 0 aliphatic heterocycles. The van der Waals surface area contributed by atoms with E-state index in [1.807, 2.05) is 54.6 Å². The number of thiocarbonyl (C=S) groups is 1. The van der Waals surface area contributed by atoms with E-state index in [1.54, 1.807) is 18.3 Å². The number of nitro benzene ring substituents is 1. The van der Waals surface area contributed by atoms with E-state index in [0.717, 1.165) is 11.3 Å². The lowest BCUT2D eigenvalue weighted by Crippen LogP contribution is -2.23. The Morgan fingerprint density at radius 1 is 0.935 bits per heavy atom. The monoisotopic (exact) mass is 436 g/mol. The third kappa shape index (κ3) is 7.41. The summed E-state index contributed by atoms with van der Waals surface area (Å²) in [5.41, 5.74) is 4.55. The summed E-state index contributed by atoms with van der Waals surface area (Å²) < 4.78 is 11.1. The second kappa shape index (κ2) is 11.3. The summed E-state index contributed by atoms with van der Waals surface area (Å²) in [6.45, 7) is 0.655. The fourth-order valence-corrected chi connectivity index (χ4v) is 2.65. The number of anilines is 1. The van der Waals surface area contributed by atoms with Crippen molar-refractivity contribution in [2.24, 2.45) is 5.10 Å². The van der Waals surface area contributed by atoms with E-state index in [2.05, 4.69) is 15.8 Å². The number of non-ortho nitro benzene ring substituents is 1. The molecule has 0 amide bonds. The number of hydrazone groups is 1. The Morgan fingerprint density at radius 3 is 2.10 bits per heavy atom. The minimum atomic E-state index is -0.451. The molecule has 0 atom stereocenters. The van der Waals surface area contributed by atoms with Gasteiger partial charge in [0.05, 0.1) is 11.1 Å². The number of rotatable bonds is 9. The third-order valence-corrected chi connectivity index (χ3v) is 4.15. The minimum Gasteiger partial charge on any atom is -0.490 e. The molecule has 2 N–H and O–H groups in total. The summed E-state index contributed by atoms with van der Waals surface area (Å²) in [6.07, 6.45) is 1.65. The van der Waals surface area contributed by atoms with Crippen molar-refractivity contribution in [1.82, 2.24) is 5.43 Å². The Bertz CT molecular complexity index is 1030. The molecule has 0 aromatic heterocycles. The summed E-state index contributed by atoms with van der Waals surface area (Å²) in [4.78, 5) is 10.2. The lowest BCUT2D eigenvalue weighted by Gasteiger charge is -2.08. The molecule has 0 aliphatic rings. The highest BCUT2D eigenvalue weighted by molar-refractivity contribution is 7.80. The number of nitrogens with one attached hydrogen (secondary N) is 2. The SMILES string of the molecule is O=[N+]([O-])c1ccc(OCCOc2ccc(C=NNC(=S)Nc3ccccc3)cc2)cc1. The van der Waals surface area contributed by atoms with Gasteiger partial charge in [-0.25, -0.2) is 0 Å². The molecule has 158 valence electrons. The number of hydrogen-bond donors (Lipinski definition) is 2. The van der Waals surface area contributed by atoms with E-state index in [-0.39, 0.29) is 5.69 Å². The molecule has 0 unspecified atom stereocenters. The number of benzene rings is 3. The van der Waals surface area contributed by atoms with Gasteiger partial charge < -0.3 is 14.8 Å². The van der Waals surface area contributed by atoms with Gasteiger partial charge in [0.25, 0.3) is 5.69 Å². The first-order valence-electron chi connectivity index (χ1n) is 9.35. The fourth-order valence-electron chi connectivity index (χ4n) is 2.48. The van der Waals surface area contributed by atoms with Crippen LogP contribution in [-0.2, 0) is 0 Å². The van der Waals surface area contributed by atoms with Crippen LogP contribution >= 0.6 is 12.2 Å². The zero-order chi connectivity index (χ0) is 21.9. The molecule has 3 aromatic carbocycles. The predicted molar refractivity (Wildman–Crippen MR) is 124 cm³/mol. The summed E-state index contributed by atoms with van der Waals surface area (Å²) in [5, 5.41) is 18.2. The number of hydrogen-bond acceptors (Lipinski definition) is 6. The number of ether oxygens (including phenoxy) is 2. The van der Waals surface area contributed by atoms with Gasteiger partial charge in [-0.3, -0.25) is 15.5 Å². The summed E-state index contributed by atoms with van der Waals surface area (Å²) in [5.74, 6) is 1.24. The van der Waals surface area contributed by atoms with Crippen LogP contribution in [0.5, 0.6) is 11.5 Å². The fraction of sp³-hybridized carbons (Fsp3) is 0.0909. The molecule has 3 aromatic rings. The van der Waals surface area contributed by atoms with Crippen LogP contribution in [0.4, 0.5) is 11.4 Å². The first-order valence-corrected chi connectivity index (χ1v) is 9.76. The van der Waals surface area contributed by atoms with Crippen LogP contribution in [0, 0.1) is 10.1 Å². The van der Waals surface area contributed by atoms with Crippen molar-refractivity contribution < 1.29 is 14.4 Å². The first-order chi connectivity index (χ1) is 15.1.